The lowest BCUT2D eigenvalue weighted by Crippen LogP contribution is -2.52. The van der Waals surface area contributed by atoms with Crippen molar-refractivity contribution in [2.75, 3.05) is 6.73 Å². The Morgan fingerprint density at radius 2 is 2.33 bits per heavy atom. The molecule has 7 nitrogen and oxygen atoms in total. The van der Waals surface area contributed by atoms with Gasteiger partial charge in [-0.15, -0.1) is 5.12 Å². The second kappa shape index (κ2) is 4.04. The van der Waals surface area contributed by atoms with Crippen molar-refractivity contribution in [1.82, 2.24) is 16.0 Å². The molecule has 0 radical (unpaired) electrons. The minimum atomic E-state index is -0.688. The molecule has 0 spiro atoms. The predicted molar refractivity (Wildman–Crippen MR) is 29.0 cm³/mol. The lowest BCUT2D eigenvalue weighted by molar-refractivity contribution is 0.0710. The molecule has 0 fully saturated rings. The number of hydrogen-bond donors (Lipinski definition) is 5. The first kappa shape index (κ1) is 8.11. The molecule has 0 rings (SSSR count). The Morgan fingerprint density at radius 1 is 1.78 bits per heavy atom. The van der Waals surface area contributed by atoms with Crippen molar-refractivity contribution >= 4 is 6.03 Å². The molecule has 2 amide bonds. The molecule has 0 aliphatic carbocycles. The fourth-order valence-electron chi connectivity index (χ4n) is 0.198. The van der Waals surface area contributed by atoms with Crippen LogP contribution in [0.4, 0.5) is 4.79 Å². The lowest BCUT2D eigenvalue weighted by Gasteiger charge is -2.12. The van der Waals surface area contributed by atoms with Gasteiger partial charge < -0.3 is 5.11 Å². The van der Waals surface area contributed by atoms with E-state index in [1.54, 1.807) is 5.43 Å². The molecule has 0 aromatic rings. The van der Waals surface area contributed by atoms with E-state index in [9.17, 15) is 4.79 Å². The van der Waals surface area contributed by atoms with Crippen LogP contribution in [0.3, 0.4) is 0 Å². The van der Waals surface area contributed by atoms with Gasteiger partial charge in [0.25, 0.3) is 0 Å². The number of hydrogen-bond acceptors (Lipinski definition) is 5. The van der Waals surface area contributed by atoms with Gasteiger partial charge in [0.1, 0.15) is 6.73 Å². The van der Waals surface area contributed by atoms with Crippen LogP contribution in [0.2, 0.25) is 0 Å². The maximum atomic E-state index is 10.2. The first-order valence-corrected chi connectivity index (χ1v) is 2.11. The number of nitrogens with zero attached hydrogens (tertiary/aromatic N) is 1. The zero-order valence-electron chi connectivity index (χ0n) is 4.66. The summed E-state index contributed by atoms with van der Waals surface area (Å²) in [4.78, 5) is 10.2. The second-order valence-electron chi connectivity index (χ2n) is 1.20. The number of aliphatic hydroxyl groups is 1. The van der Waals surface area contributed by atoms with Crippen LogP contribution >= 0.6 is 0 Å². The van der Waals surface area contributed by atoms with Gasteiger partial charge in [-0.25, -0.2) is 16.5 Å². The summed E-state index contributed by atoms with van der Waals surface area (Å²) in [7, 11) is 0. The molecule has 0 aromatic heterocycles. The van der Waals surface area contributed by atoms with Crippen molar-refractivity contribution in [2.24, 2.45) is 11.7 Å². The fraction of sp³-hybridized carbons (Fsp3) is 0.500. The van der Waals surface area contributed by atoms with Gasteiger partial charge in [-0.3, -0.25) is 10.9 Å². The Balaban J connectivity index is 3.34. The first-order valence-electron chi connectivity index (χ1n) is 2.11. The number of nitrogens with one attached hydrogen (secondary N) is 2. The zero-order chi connectivity index (χ0) is 7.28. The smallest absolute Gasteiger partial charge is 0.344 e. The summed E-state index contributed by atoms with van der Waals surface area (Å²) in [5.74, 6) is 9.55. The van der Waals surface area contributed by atoms with Crippen LogP contribution in [0.5, 0.6) is 0 Å². The van der Waals surface area contributed by atoms with Crippen LogP contribution in [0, 0.1) is 0 Å². The number of nitrogens with two attached hydrogens (primary N) is 2. The van der Waals surface area contributed by atoms with Crippen molar-refractivity contribution in [3.63, 3.8) is 0 Å². The summed E-state index contributed by atoms with van der Waals surface area (Å²) >= 11 is 0. The number of hydrazine groups is 3. The van der Waals surface area contributed by atoms with E-state index in [2.05, 4.69) is 5.84 Å². The van der Waals surface area contributed by atoms with E-state index in [1.807, 2.05) is 5.43 Å². The van der Waals surface area contributed by atoms with E-state index >= 15 is 0 Å². The maximum Gasteiger partial charge on any atom is 0.344 e. The minimum Gasteiger partial charge on any atom is -0.378 e. The molecule has 0 heterocycles. The summed E-state index contributed by atoms with van der Waals surface area (Å²) in [5.41, 5.74) is 3.71. The molecule has 0 bridgehead atoms. The molecular formula is C2H9N5O2. The van der Waals surface area contributed by atoms with Gasteiger partial charge >= 0.3 is 6.03 Å². The zero-order valence-corrected chi connectivity index (χ0v) is 4.66. The molecule has 0 aliphatic rings. The van der Waals surface area contributed by atoms with Gasteiger partial charge in [0.2, 0.25) is 0 Å². The van der Waals surface area contributed by atoms with Crippen LogP contribution in [-0.4, -0.2) is 23.0 Å². The summed E-state index contributed by atoms with van der Waals surface area (Å²) in [6.07, 6.45) is 0. The van der Waals surface area contributed by atoms with Crippen LogP contribution in [0.25, 0.3) is 0 Å². The summed E-state index contributed by atoms with van der Waals surface area (Å²) in [6.45, 7) is -0.479. The average molecular weight is 135 g/mol. The number of aliphatic hydroxyl groups excluding tert-OH is 1. The van der Waals surface area contributed by atoms with E-state index in [1.165, 1.54) is 0 Å². The van der Waals surface area contributed by atoms with Crippen molar-refractivity contribution in [3.8, 4) is 0 Å². The van der Waals surface area contributed by atoms with Gasteiger partial charge in [0, 0.05) is 0 Å². The number of carbonyl (C=O) groups excluding carboxylic acids is 1. The molecule has 0 saturated heterocycles. The van der Waals surface area contributed by atoms with Gasteiger partial charge in [-0.1, -0.05) is 0 Å². The van der Waals surface area contributed by atoms with E-state index in [4.69, 9.17) is 10.9 Å². The van der Waals surface area contributed by atoms with Crippen LogP contribution < -0.4 is 22.5 Å². The van der Waals surface area contributed by atoms with Crippen molar-refractivity contribution in [2.45, 2.75) is 0 Å². The SMILES string of the molecule is NNC(=O)NN(N)CO. The normalized spacial score (nSPS) is 9.33. The van der Waals surface area contributed by atoms with E-state index in [0.29, 0.717) is 5.12 Å². The Bertz CT molecular complexity index is 95.0. The quantitative estimate of drug-likeness (QED) is 0.121. The Labute approximate surface area is 51.5 Å². The molecule has 0 aromatic carbocycles. The Kier molecular flexibility index (Phi) is 3.64. The number of carbonyl (C=O) groups is 1. The van der Waals surface area contributed by atoms with Crippen LogP contribution in [0.15, 0.2) is 0 Å². The highest BCUT2D eigenvalue weighted by Crippen LogP contribution is 1.62. The molecule has 0 atom stereocenters. The van der Waals surface area contributed by atoms with E-state index in [0.717, 1.165) is 0 Å². The largest absolute Gasteiger partial charge is 0.378 e. The molecule has 9 heavy (non-hydrogen) atoms. The van der Waals surface area contributed by atoms with Crippen molar-refractivity contribution in [1.29, 1.82) is 0 Å². The number of amides is 2. The van der Waals surface area contributed by atoms with Gasteiger partial charge in [0.05, 0.1) is 0 Å². The van der Waals surface area contributed by atoms with E-state index < -0.39 is 12.8 Å². The average Bonchev–Trinajstić information content (AvgIpc) is 1.87. The highest BCUT2D eigenvalue weighted by molar-refractivity contribution is 5.72. The third-order valence-electron chi connectivity index (χ3n) is 0.529. The molecule has 54 valence electrons. The third-order valence-corrected chi connectivity index (χ3v) is 0.529. The molecule has 0 aliphatic heterocycles. The minimum absolute atomic E-state index is 0.479. The van der Waals surface area contributed by atoms with Crippen LogP contribution in [0.1, 0.15) is 0 Å². The van der Waals surface area contributed by atoms with Gasteiger partial charge in [-0.05, 0) is 0 Å². The lowest BCUT2D eigenvalue weighted by atomic mass is 11.1. The molecule has 0 saturated carbocycles. The summed E-state index contributed by atoms with van der Waals surface area (Å²) in [6, 6.07) is -0.688. The number of urea groups is 1. The summed E-state index contributed by atoms with van der Waals surface area (Å²) < 4.78 is 0. The number of rotatable bonds is 2. The van der Waals surface area contributed by atoms with Crippen molar-refractivity contribution in [3.05, 3.63) is 0 Å². The predicted octanol–water partition coefficient (Wildman–Crippen LogP) is -2.80. The molecular weight excluding hydrogens is 126 g/mol. The first-order chi connectivity index (χ1) is 4.20. The topological polar surface area (TPSA) is 117 Å². The standard InChI is InChI=1S/C2H9N5O2/c3-5-2(9)6-7(4)1-8/h8H,1,3-4H2,(H2,5,6,9). The van der Waals surface area contributed by atoms with E-state index in [-0.39, 0.29) is 0 Å². The van der Waals surface area contributed by atoms with Crippen LogP contribution in [-0.2, 0) is 0 Å². The van der Waals surface area contributed by atoms with Gasteiger partial charge in [-0.2, -0.15) is 0 Å². The molecule has 7 heteroatoms. The Hall–Kier alpha value is -0.890. The van der Waals surface area contributed by atoms with Gasteiger partial charge in [0.15, 0.2) is 0 Å². The second-order valence-corrected chi connectivity index (χ2v) is 1.20. The van der Waals surface area contributed by atoms with Crippen molar-refractivity contribution < 1.29 is 9.90 Å². The highest BCUT2D eigenvalue weighted by Gasteiger charge is 1.98. The summed E-state index contributed by atoms with van der Waals surface area (Å²) in [5, 5.41) is 8.87. The monoisotopic (exact) mass is 135 g/mol. The fourth-order valence-corrected chi connectivity index (χ4v) is 0.198. The maximum absolute atomic E-state index is 10.2. The highest BCUT2D eigenvalue weighted by atomic mass is 16.3. The molecule has 7 N–H and O–H groups in total. The molecule has 0 unspecified atom stereocenters. The third kappa shape index (κ3) is 3.67. The Morgan fingerprint density at radius 3 is 2.67 bits per heavy atom.